The van der Waals surface area contributed by atoms with Crippen molar-refractivity contribution in [3.63, 3.8) is 0 Å². The first-order valence-corrected chi connectivity index (χ1v) is 6.19. The van der Waals surface area contributed by atoms with Crippen LogP contribution in [0.15, 0.2) is 22.7 Å². The van der Waals surface area contributed by atoms with Crippen molar-refractivity contribution in [2.45, 2.75) is 25.1 Å². The van der Waals surface area contributed by atoms with Gasteiger partial charge in [0, 0.05) is 16.1 Å². The van der Waals surface area contributed by atoms with E-state index in [1.54, 1.807) is 12.1 Å². The summed E-state index contributed by atoms with van der Waals surface area (Å²) in [5, 5.41) is 3.09. The lowest BCUT2D eigenvalue weighted by molar-refractivity contribution is -0.117. The number of benzene rings is 1. The van der Waals surface area contributed by atoms with Gasteiger partial charge < -0.3 is 14.8 Å². The third kappa shape index (κ3) is 2.73. The van der Waals surface area contributed by atoms with Crippen molar-refractivity contribution >= 4 is 22.2 Å². The number of carbonyl (C=O) groups is 1. The summed E-state index contributed by atoms with van der Waals surface area (Å²) in [6, 6.07) is 4.21. The highest BCUT2D eigenvalue weighted by Gasteiger charge is 2.31. The normalized spacial score (nSPS) is 29.0. The Morgan fingerprint density at radius 2 is 2.35 bits per heavy atom. The number of carbonyl (C=O) groups excluding carboxylic acids is 1. The van der Waals surface area contributed by atoms with Crippen molar-refractivity contribution in [3.05, 3.63) is 34.1 Å². The summed E-state index contributed by atoms with van der Waals surface area (Å²) < 4.78 is 20.0. The zero-order valence-corrected chi connectivity index (χ0v) is 10.9. The minimum absolute atomic E-state index is 0.0941. The molecule has 1 fully saturated rings. The maximum absolute atomic E-state index is 13.7. The fourth-order valence-corrected chi connectivity index (χ4v) is 2.32. The van der Waals surface area contributed by atoms with Crippen molar-refractivity contribution in [2.75, 3.05) is 6.61 Å². The van der Waals surface area contributed by atoms with E-state index in [1.807, 2.05) is 6.92 Å². The van der Waals surface area contributed by atoms with Gasteiger partial charge in [-0.2, -0.15) is 0 Å². The average molecular weight is 302 g/mol. The van der Waals surface area contributed by atoms with Gasteiger partial charge >= 0.3 is 0 Å². The summed E-state index contributed by atoms with van der Waals surface area (Å²) in [5.74, 6) is -0.360. The van der Waals surface area contributed by atoms with E-state index in [0.29, 0.717) is 12.2 Å². The van der Waals surface area contributed by atoms with Crippen LogP contribution < -0.4 is 5.32 Å². The monoisotopic (exact) mass is 301 g/mol. The Labute approximate surface area is 107 Å². The highest BCUT2D eigenvalue weighted by molar-refractivity contribution is 9.10. The van der Waals surface area contributed by atoms with Crippen LogP contribution in [0.5, 0.6) is 0 Å². The molecule has 1 saturated heterocycles. The van der Waals surface area contributed by atoms with Gasteiger partial charge in [0.05, 0.1) is 12.6 Å². The van der Waals surface area contributed by atoms with Crippen LogP contribution in [-0.2, 0) is 9.53 Å². The molecule has 3 atom stereocenters. The minimum atomic E-state index is -0.568. The molecule has 0 amide bonds. The van der Waals surface area contributed by atoms with Gasteiger partial charge in [0.15, 0.2) is 0 Å². The molecule has 2 rings (SSSR count). The van der Waals surface area contributed by atoms with Crippen LogP contribution in [0.4, 0.5) is 4.39 Å². The molecule has 5 heteroatoms. The van der Waals surface area contributed by atoms with Crippen molar-refractivity contribution in [3.8, 4) is 0 Å². The van der Waals surface area contributed by atoms with Crippen LogP contribution >= 0.6 is 15.9 Å². The molecule has 17 heavy (non-hydrogen) atoms. The Morgan fingerprint density at radius 1 is 1.59 bits per heavy atom. The van der Waals surface area contributed by atoms with E-state index >= 15 is 0 Å². The highest BCUT2D eigenvalue weighted by Crippen LogP contribution is 2.28. The van der Waals surface area contributed by atoms with Crippen LogP contribution in [-0.4, -0.2) is 25.0 Å². The summed E-state index contributed by atoms with van der Waals surface area (Å²) >= 11 is 3.29. The van der Waals surface area contributed by atoms with Crippen molar-refractivity contribution in [1.82, 2.24) is 5.32 Å². The van der Waals surface area contributed by atoms with Gasteiger partial charge in [-0.25, -0.2) is 4.39 Å². The summed E-state index contributed by atoms with van der Waals surface area (Å²) in [6.07, 6.45) is 0.196. The Bertz CT molecular complexity index is 427. The molecule has 1 aliphatic heterocycles. The predicted octanol–water partition coefficient (Wildman–Crippen LogP) is 2.21. The third-order valence-corrected chi connectivity index (χ3v) is 3.23. The molecule has 0 saturated carbocycles. The molecular formula is C12H13BrFNO2. The summed E-state index contributed by atoms with van der Waals surface area (Å²) in [7, 11) is 0. The molecule has 0 spiro atoms. The van der Waals surface area contributed by atoms with Crippen LogP contribution in [0.25, 0.3) is 0 Å². The van der Waals surface area contributed by atoms with Crippen LogP contribution in [0, 0.1) is 5.82 Å². The zero-order chi connectivity index (χ0) is 12.4. The second-order valence-corrected chi connectivity index (χ2v) is 5.07. The number of aldehydes is 1. The number of nitrogens with one attached hydrogen (secondary N) is 1. The molecule has 0 radical (unpaired) electrons. The average Bonchev–Trinajstić information content (AvgIpc) is 2.32. The fraction of sp³-hybridized carbons (Fsp3) is 0.417. The Balaban J connectivity index is 2.31. The van der Waals surface area contributed by atoms with Gasteiger partial charge in [-0.3, -0.25) is 0 Å². The number of hydrogen-bond donors (Lipinski definition) is 1. The lowest BCUT2D eigenvalue weighted by Gasteiger charge is -2.33. The van der Waals surface area contributed by atoms with Crippen LogP contribution in [0.3, 0.4) is 0 Å². The van der Waals surface area contributed by atoms with E-state index in [9.17, 15) is 9.18 Å². The molecule has 1 aliphatic rings. The van der Waals surface area contributed by atoms with E-state index in [0.717, 1.165) is 10.8 Å². The topological polar surface area (TPSA) is 38.3 Å². The Kier molecular flexibility index (Phi) is 3.91. The molecule has 92 valence electrons. The Hall–Kier alpha value is -0.780. The minimum Gasteiger partial charge on any atom is -0.370 e. The first-order valence-electron chi connectivity index (χ1n) is 5.39. The first-order chi connectivity index (χ1) is 8.11. The number of rotatable bonds is 2. The third-order valence-electron chi connectivity index (χ3n) is 2.74. The maximum atomic E-state index is 13.7. The van der Waals surface area contributed by atoms with E-state index in [-0.39, 0.29) is 11.9 Å². The first kappa shape index (κ1) is 12.7. The number of halogens is 2. The number of hydrogen-bond acceptors (Lipinski definition) is 3. The van der Waals surface area contributed by atoms with Gasteiger partial charge in [0.2, 0.25) is 0 Å². The smallest absolute Gasteiger partial charge is 0.139 e. The Morgan fingerprint density at radius 3 is 3.06 bits per heavy atom. The quantitative estimate of drug-likeness (QED) is 0.851. The van der Waals surface area contributed by atoms with Crippen molar-refractivity contribution in [2.24, 2.45) is 0 Å². The zero-order valence-electron chi connectivity index (χ0n) is 9.32. The molecule has 1 aromatic carbocycles. The standard InChI is InChI=1S/C12H13BrFNO2/c1-7-6-17-12(11(5-16)15-7)9-4-8(13)2-3-10(9)14/h2-5,7,11-12,15H,6H2,1H3. The number of morpholine rings is 1. The second-order valence-electron chi connectivity index (χ2n) is 4.15. The van der Waals surface area contributed by atoms with Gasteiger partial charge in [-0.1, -0.05) is 15.9 Å². The van der Waals surface area contributed by atoms with Gasteiger partial charge in [-0.05, 0) is 25.1 Å². The van der Waals surface area contributed by atoms with Gasteiger partial charge in [0.25, 0.3) is 0 Å². The van der Waals surface area contributed by atoms with E-state index in [1.165, 1.54) is 6.07 Å². The summed E-state index contributed by atoms with van der Waals surface area (Å²) in [6.45, 7) is 2.38. The van der Waals surface area contributed by atoms with Gasteiger partial charge in [0.1, 0.15) is 18.2 Å². The van der Waals surface area contributed by atoms with Crippen molar-refractivity contribution < 1.29 is 13.9 Å². The number of ether oxygens (including phenoxy) is 1. The highest BCUT2D eigenvalue weighted by atomic mass is 79.9. The van der Waals surface area contributed by atoms with Crippen molar-refractivity contribution in [1.29, 1.82) is 0 Å². The second kappa shape index (κ2) is 5.25. The molecular weight excluding hydrogens is 289 g/mol. The molecule has 0 aliphatic carbocycles. The lowest BCUT2D eigenvalue weighted by atomic mass is 10.00. The van der Waals surface area contributed by atoms with E-state index < -0.39 is 12.1 Å². The molecule has 1 aromatic rings. The van der Waals surface area contributed by atoms with Gasteiger partial charge in [-0.15, -0.1) is 0 Å². The maximum Gasteiger partial charge on any atom is 0.139 e. The molecule has 0 aromatic heterocycles. The summed E-state index contributed by atoms with van der Waals surface area (Å²) in [5.41, 5.74) is 0.399. The molecule has 1 N–H and O–H groups in total. The molecule has 3 unspecified atom stereocenters. The lowest BCUT2D eigenvalue weighted by Crippen LogP contribution is -2.50. The van der Waals surface area contributed by atoms with Crippen LogP contribution in [0.2, 0.25) is 0 Å². The fourth-order valence-electron chi connectivity index (χ4n) is 1.94. The van der Waals surface area contributed by atoms with E-state index in [2.05, 4.69) is 21.2 Å². The predicted molar refractivity (Wildman–Crippen MR) is 65.2 cm³/mol. The molecule has 1 heterocycles. The van der Waals surface area contributed by atoms with Crippen LogP contribution in [0.1, 0.15) is 18.6 Å². The largest absolute Gasteiger partial charge is 0.370 e. The molecule has 0 bridgehead atoms. The SMILES string of the molecule is CC1COC(c2cc(Br)ccc2F)C(C=O)N1. The molecule has 3 nitrogen and oxygen atoms in total. The summed E-state index contributed by atoms with van der Waals surface area (Å²) in [4.78, 5) is 11.0. The van der Waals surface area contributed by atoms with E-state index in [4.69, 9.17) is 4.74 Å².